The highest BCUT2D eigenvalue weighted by atomic mass is 35.5. The molecule has 3 nitrogen and oxygen atoms in total. The Labute approximate surface area is 162 Å². The van der Waals surface area contributed by atoms with Gasteiger partial charge >= 0.3 is 0 Å². The van der Waals surface area contributed by atoms with E-state index in [1.165, 1.54) is 34.6 Å². The summed E-state index contributed by atoms with van der Waals surface area (Å²) < 4.78 is 2.45. The van der Waals surface area contributed by atoms with E-state index < -0.39 is 0 Å². The van der Waals surface area contributed by atoms with E-state index in [0.717, 1.165) is 39.3 Å². The molecular formula is C21H19Cl2N3. The number of rotatable bonds is 3. The molecule has 0 radical (unpaired) electrons. The summed E-state index contributed by atoms with van der Waals surface area (Å²) in [6.07, 6.45) is 8.29. The normalized spacial score (nSPS) is 17.3. The van der Waals surface area contributed by atoms with Crippen LogP contribution in [0.1, 0.15) is 24.1 Å². The van der Waals surface area contributed by atoms with Crippen molar-refractivity contribution in [2.45, 2.75) is 26.3 Å². The molecule has 1 N–H and O–H groups in total. The number of pyridine rings is 1. The predicted octanol–water partition coefficient (Wildman–Crippen LogP) is 5.63. The lowest BCUT2D eigenvalue weighted by Crippen LogP contribution is -2.14. The summed E-state index contributed by atoms with van der Waals surface area (Å²) in [5.41, 5.74) is 5.70. The predicted molar refractivity (Wildman–Crippen MR) is 110 cm³/mol. The maximum absolute atomic E-state index is 6.56. The van der Waals surface area contributed by atoms with Crippen LogP contribution in [0, 0.1) is 12.8 Å². The minimum atomic E-state index is 0.701. The number of hydrogen-bond donors (Lipinski definition) is 1. The third-order valence-electron chi connectivity index (χ3n) is 5.39. The number of halogens is 2. The average Bonchev–Trinajstić information content (AvgIpc) is 3.38. The average molecular weight is 384 g/mol. The summed E-state index contributed by atoms with van der Waals surface area (Å²) in [7, 11) is 0. The zero-order valence-electron chi connectivity index (χ0n) is 14.5. The maximum Gasteiger partial charge on any atom is 0.0707 e. The molecule has 1 saturated carbocycles. The van der Waals surface area contributed by atoms with Gasteiger partial charge in [-0.05, 0) is 61.7 Å². The molecule has 0 amide bonds. The number of benzene rings is 1. The Morgan fingerprint density at radius 1 is 1.19 bits per heavy atom. The van der Waals surface area contributed by atoms with Gasteiger partial charge in [0.1, 0.15) is 0 Å². The number of nitrogens with zero attached hydrogens (tertiary/aromatic N) is 2. The van der Waals surface area contributed by atoms with E-state index in [-0.39, 0.29) is 0 Å². The Balaban J connectivity index is 1.92. The fourth-order valence-corrected chi connectivity index (χ4v) is 4.45. The molecule has 0 bridgehead atoms. The molecule has 26 heavy (non-hydrogen) atoms. The molecule has 1 aliphatic carbocycles. The first-order chi connectivity index (χ1) is 12.6. The summed E-state index contributed by atoms with van der Waals surface area (Å²) in [5, 5.41) is 7.18. The largest absolute Gasteiger partial charge is 0.387 e. The number of fused-ring (bicyclic) bond motifs is 3. The zero-order valence-corrected chi connectivity index (χ0v) is 16.0. The van der Waals surface area contributed by atoms with Crippen LogP contribution in [0.5, 0.6) is 0 Å². The fraction of sp³-hybridized carbons (Fsp3) is 0.286. The van der Waals surface area contributed by atoms with Crippen LogP contribution >= 0.6 is 23.2 Å². The smallest absolute Gasteiger partial charge is 0.0707 e. The van der Waals surface area contributed by atoms with Gasteiger partial charge in [0.05, 0.1) is 16.7 Å². The van der Waals surface area contributed by atoms with Gasteiger partial charge in [-0.1, -0.05) is 23.2 Å². The highest BCUT2D eigenvalue weighted by molar-refractivity contribution is 6.36. The molecule has 0 saturated heterocycles. The van der Waals surface area contributed by atoms with Gasteiger partial charge in [-0.2, -0.15) is 0 Å². The molecule has 1 aromatic carbocycles. The van der Waals surface area contributed by atoms with Crippen molar-refractivity contribution in [3.63, 3.8) is 0 Å². The fourth-order valence-electron chi connectivity index (χ4n) is 4.00. The van der Waals surface area contributed by atoms with Gasteiger partial charge in [0.2, 0.25) is 0 Å². The van der Waals surface area contributed by atoms with Crippen molar-refractivity contribution in [2.75, 3.05) is 6.54 Å². The number of dihydropyridines is 1. The van der Waals surface area contributed by atoms with Gasteiger partial charge in [0, 0.05) is 45.7 Å². The van der Waals surface area contributed by atoms with Gasteiger partial charge in [-0.25, -0.2) is 0 Å². The summed E-state index contributed by atoms with van der Waals surface area (Å²) in [6, 6.07) is 6.22. The number of aromatic nitrogens is 2. The van der Waals surface area contributed by atoms with E-state index in [4.69, 9.17) is 23.2 Å². The van der Waals surface area contributed by atoms with Crippen molar-refractivity contribution in [2.24, 2.45) is 5.92 Å². The van der Waals surface area contributed by atoms with E-state index in [0.29, 0.717) is 6.54 Å². The standard InChI is InChI=1S/C21H19Cl2N3/c1-12-20-15(4-7-25-12)16-8-14(22)9-17(18-10-24-6-5-19(18)23)21(16)26(20)11-13-2-3-13/h4-9,13,24H,2-3,10-11H2,1H3. The molecule has 132 valence electrons. The van der Waals surface area contributed by atoms with Crippen LogP contribution < -0.4 is 5.32 Å². The SMILES string of the molecule is Cc1nccc2c3cc(Cl)cc(C4=C(Cl)C=CNC4)c3n(CC3CC3)c12. The zero-order chi connectivity index (χ0) is 17.8. The molecule has 0 unspecified atom stereocenters. The van der Waals surface area contributed by atoms with E-state index in [1.807, 2.05) is 24.5 Å². The highest BCUT2D eigenvalue weighted by Gasteiger charge is 2.26. The van der Waals surface area contributed by atoms with Crippen LogP contribution in [0.25, 0.3) is 27.4 Å². The summed E-state index contributed by atoms with van der Waals surface area (Å²) >= 11 is 13.1. The number of nitrogens with one attached hydrogen (secondary N) is 1. The summed E-state index contributed by atoms with van der Waals surface area (Å²) in [4.78, 5) is 4.56. The van der Waals surface area contributed by atoms with Crippen LogP contribution in [-0.4, -0.2) is 16.1 Å². The van der Waals surface area contributed by atoms with Crippen molar-refractivity contribution in [1.29, 1.82) is 0 Å². The topological polar surface area (TPSA) is 29.9 Å². The van der Waals surface area contributed by atoms with E-state index in [9.17, 15) is 0 Å². The van der Waals surface area contributed by atoms with Gasteiger partial charge in [0.15, 0.2) is 0 Å². The molecule has 5 heteroatoms. The molecule has 1 fully saturated rings. The second kappa shape index (κ2) is 6.04. The van der Waals surface area contributed by atoms with Crippen molar-refractivity contribution in [3.05, 3.63) is 58.0 Å². The third kappa shape index (κ3) is 2.53. The Morgan fingerprint density at radius 3 is 2.81 bits per heavy atom. The number of aryl methyl sites for hydroxylation is 1. The molecule has 0 atom stereocenters. The Hall–Kier alpha value is -1.97. The Kier molecular flexibility index (Phi) is 3.77. The molecule has 2 aromatic heterocycles. The second-order valence-corrected chi connectivity index (χ2v) is 8.08. The van der Waals surface area contributed by atoms with Crippen LogP contribution in [-0.2, 0) is 6.54 Å². The first-order valence-electron chi connectivity index (χ1n) is 8.99. The molecule has 5 rings (SSSR count). The van der Waals surface area contributed by atoms with Crippen LogP contribution in [0.4, 0.5) is 0 Å². The van der Waals surface area contributed by atoms with Gasteiger partial charge in [0.25, 0.3) is 0 Å². The van der Waals surface area contributed by atoms with Crippen molar-refractivity contribution < 1.29 is 0 Å². The molecule has 3 aromatic rings. The van der Waals surface area contributed by atoms with Crippen molar-refractivity contribution >= 4 is 50.6 Å². The van der Waals surface area contributed by atoms with E-state index in [1.54, 1.807) is 0 Å². The highest BCUT2D eigenvalue weighted by Crippen LogP contribution is 2.41. The monoisotopic (exact) mass is 383 g/mol. The Bertz CT molecular complexity index is 1100. The molecule has 3 heterocycles. The second-order valence-electron chi connectivity index (χ2n) is 7.24. The quantitative estimate of drug-likeness (QED) is 0.635. The van der Waals surface area contributed by atoms with Crippen LogP contribution in [0.15, 0.2) is 41.7 Å². The lowest BCUT2D eigenvalue weighted by atomic mass is 10.0. The first-order valence-corrected chi connectivity index (χ1v) is 9.75. The molecule has 0 spiro atoms. The van der Waals surface area contributed by atoms with Gasteiger partial charge < -0.3 is 9.88 Å². The number of allylic oxidation sites excluding steroid dienone is 2. The minimum absolute atomic E-state index is 0.701. The van der Waals surface area contributed by atoms with Crippen molar-refractivity contribution in [1.82, 2.24) is 14.9 Å². The molecule has 1 aliphatic heterocycles. The first kappa shape index (κ1) is 16.2. The van der Waals surface area contributed by atoms with Gasteiger partial charge in [-0.15, -0.1) is 0 Å². The van der Waals surface area contributed by atoms with Crippen LogP contribution in [0.2, 0.25) is 5.02 Å². The lowest BCUT2D eigenvalue weighted by Gasteiger charge is -2.17. The van der Waals surface area contributed by atoms with Crippen LogP contribution in [0.3, 0.4) is 0 Å². The molecular weight excluding hydrogens is 365 g/mol. The van der Waals surface area contributed by atoms with Gasteiger partial charge in [-0.3, -0.25) is 4.98 Å². The Morgan fingerprint density at radius 2 is 2.04 bits per heavy atom. The maximum atomic E-state index is 6.56. The summed E-state index contributed by atoms with van der Waals surface area (Å²) in [5.74, 6) is 0.755. The van der Waals surface area contributed by atoms with Crippen molar-refractivity contribution in [3.8, 4) is 0 Å². The minimum Gasteiger partial charge on any atom is -0.387 e. The molecule has 2 aliphatic rings. The lowest BCUT2D eigenvalue weighted by molar-refractivity contribution is 0.662. The summed E-state index contributed by atoms with van der Waals surface area (Å²) in [6.45, 7) is 3.81. The van der Waals surface area contributed by atoms with E-state index >= 15 is 0 Å². The van der Waals surface area contributed by atoms with E-state index in [2.05, 4.69) is 33.9 Å². The number of hydrogen-bond acceptors (Lipinski definition) is 2. The third-order valence-corrected chi connectivity index (χ3v) is 5.96.